The normalized spacial score (nSPS) is 10.6. The molecule has 0 radical (unpaired) electrons. The molecule has 7 heteroatoms. The van der Waals surface area contributed by atoms with Gasteiger partial charge in [0.2, 0.25) is 0 Å². The van der Waals surface area contributed by atoms with Crippen molar-refractivity contribution in [3.63, 3.8) is 0 Å². The Labute approximate surface area is 196 Å². The number of ether oxygens (including phenoxy) is 2. The lowest BCUT2D eigenvalue weighted by Crippen LogP contribution is -2.31. The maximum absolute atomic E-state index is 13.1. The topological polar surface area (TPSA) is 86.6 Å². The predicted molar refractivity (Wildman–Crippen MR) is 130 cm³/mol. The Kier molecular flexibility index (Phi) is 6.73. The fourth-order valence-corrected chi connectivity index (χ4v) is 3.70. The Bertz CT molecular complexity index is 1390. The molecule has 4 aromatic rings. The number of hydrogen-bond acceptors (Lipinski definition) is 5. The lowest BCUT2D eigenvalue weighted by atomic mass is 10.1. The summed E-state index contributed by atoms with van der Waals surface area (Å²) in [6, 6.07) is 21.0. The first-order chi connectivity index (χ1) is 16.5. The largest absolute Gasteiger partial charge is 0.497 e. The molecule has 7 nitrogen and oxygen atoms in total. The van der Waals surface area contributed by atoms with E-state index in [0.717, 1.165) is 11.3 Å². The quantitative estimate of drug-likeness (QED) is 0.409. The second kappa shape index (κ2) is 10.0. The minimum atomic E-state index is -0.429. The Balaban J connectivity index is 1.60. The number of rotatable bonds is 8. The Morgan fingerprint density at radius 3 is 2.03 bits per heavy atom. The highest BCUT2D eigenvalue weighted by molar-refractivity contribution is 6.08. The minimum absolute atomic E-state index is 0.170. The van der Waals surface area contributed by atoms with Crippen molar-refractivity contribution in [1.82, 2.24) is 9.88 Å². The van der Waals surface area contributed by atoms with Crippen LogP contribution < -0.4 is 20.3 Å². The zero-order chi connectivity index (χ0) is 24.1. The van der Waals surface area contributed by atoms with Crippen LogP contribution in [0.3, 0.4) is 0 Å². The second-order valence-corrected chi connectivity index (χ2v) is 7.70. The number of nitrogens with one attached hydrogen (secondary N) is 1. The number of Topliss-reactive ketones (excluding diaryl/α,β-unsaturated/α-hetero) is 1. The third-order valence-electron chi connectivity index (χ3n) is 5.57. The van der Waals surface area contributed by atoms with Crippen molar-refractivity contribution in [2.45, 2.75) is 6.54 Å². The number of hydrogen-bond donors (Lipinski definition) is 1. The van der Waals surface area contributed by atoms with Gasteiger partial charge in [0.1, 0.15) is 11.5 Å². The van der Waals surface area contributed by atoms with Crippen molar-refractivity contribution in [2.75, 3.05) is 20.8 Å². The molecule has 0 aliphatic rings. The van der Waals surface area contributed by atoms with Crippen molar-refractivity contribution in [3.05, 3.63) is 106 Å². The van der Waals surface area contributed by atoms with E-state index in [-0.39, 0.29) is 17.9 Å². The van der Waals surface area contributed by atoms with Gasteiger partial charge in [-0.3, -0.25) is 14.4 Å². The van der Waals surface area contributed by atoms with E-state index in [2.05, 4.69) is 5.32 Å². The summed E-state index contributed by atoms with van der Waals surface area (Å²) in [4.78, 5) is 38.7. The van der Waals surface area contributed by atoms with Gasteiger partial charge in [-0.25, -0.2) is 0 Å². The average molecular weight is 456 g/mol. The average Bonchev–Trinajstić information content (AvgIpc) is 2.89. The highest BCUT2D eigenvalue weighted by Crippen LogP contribution is 2.18. The first kappa shape index (κ1) is 22.8. The number of fused-ring (bicyclic) bond motifs is 1. The van der Waals surface area contributed by atoms with Crippen LogP contribution in [0.25, 0.3) is 10.8 Å². The smallest absolute Gasteiger partial charge is 0.258 e. The van der Waals surface area contributed by atoms with Gasteiger partial charge in [0.05, 0.1) is 32.9 Å². The molecule has 1 N–H and O–H groups in total. The molecule has 4 rings (SSSR count). The number of ketones is 1. The van der Waals surface area contributed by atoms with Crippen LogP contribution in [0.5, 0.6) is 11.5 Å². The summed E-state index contributed by atoms with van der Waals surface area (Å²) in [5, 5.41) is 3.66. The molecular formula is C27H24N2O5. The van der Waals surface area contributed by atoms with Gasteiger partial charge < -0.3 is 19.4 Å². The summed E-state index contributed by atoms with van der Waals surface area (Å²) >= 11 is 0. The summed E-state index contributed by atoms with van der Waals surface area (Å²) in [5.74, 6) is 0.704. The lowest BCUT2D eigenvalue weighted by molar-refractivity contribution is 0.0904. The number of carbonyl (C=O) groups is 2. The van der Waals surface area contributed by atoms with Gasteiger partial charge in [-0.2, -0.15) is 0 Å². The van der Waals surface area contributed by atoms with Gasteiger partial charge in [0.25, 0.3) is 11.5 Å². The van der Waals surface area contributed by atoms with Crippen molar-refractivity contribution < 1.29 is 19.1 Å². The molecule has 0 spiro atoms. The van der Waals surface area contributed by atoms with Crippen molar-refractivity contribution in [3.8, 4) is 11.5 Å². The number of aromatic nitrogens is 1. The monoisotopic (exact) mass is 456 g/mol. The highest BCUT2D eigenvalue weighted by Gasteiger charge is 2.16. The molecule has 0 fully saturated rings. The van der Waals surface area contributed by atoms with Crippen LogP contribution in [0.4, 0.5) is 0 Å². The van der Waals surface area contributed by atoms with Gasteiger partial charge in [-0.15, -0.1) is 0 Å². The molecule has 1 heterocycles. The molecule has 3 aromatic carbocycles. The van der Waals surface area contributed by atoms with E-state index >= 15 is 0 Å². The summed E-state index contributed by atoms with van der Waals surface area (Å²) in [7, 11) is 3.14. The predicted octanol–water partition coefficient (Wildman–Crippen LogP) is 3.68. The third-order valence-corrected chi connectivity index (χ3v) is 5.57. The number of benzene rings is 3. The van der Waals surface area contributed by atoms with Crippen molar-refractivity contribution in [2.24, 2.45) is 0 Å². The maximum Gasteiger partial charge on any atom is 0.258 e. The molecule has 0 aliphatic heterocycles. The van der Waals surface area contributed by atoms with Gasteiger partial charge in [0, 0.05) is 22.5 Å². The zero-order valence-corrected chi connectivity index (χ0v) is 18.9. The van der Waals surface area contributed by atoms with Gasteiger partial charge >= 0.3 is 0 Å². The van der Waals surface area contributed by atoms with E-state index in [4.69, 9.17) is 9.47 Å². The molecule has 0 bridgehead atoms. The highest BCUT2D eigenvalue weighted by atomic mass is 16.5. The number of nitrogens with zero attached hydrogens (tertiary/aromatic N) is 1. The fraction of sp³-hybridized carbons (Fsp3) is 0.148. The molecule has 0 unspecified atom stereocenters. The SMILES string of the molecule is COc1ccc(Cn2cc(C(=O)NCC(=O)c3ccc(OC)cc3)c3ccccc3c2=O)cc1. The minimum Gasteiger partial charge on any atom is -0.497 e. The molecule has 172 valence electrons. The lowest BCUT2D eigenvalue weighted by Gasteiger charge is -2.13. The van der Waals surface area contributed by atoms with Crippen LogP contribution in [-0.4, -0.2) is 37.0 Å². The molecule has 0 atom stereocenters. The summed E-state index contributed by atoms with van der Waals surface area (Å²) in [5.41, 5.74) is 1.48. The van der Waals surface area contributed by atoms with Crippen molar-refractivity contribution in [1.29, 1.82) is 0 Å². The summed E-state index contributed by atoms with van der Waals surface area (Å²) in [6.07, 6.45) is 1.54. The Morgan fingerprint density at radius 1 is 0.824 bits per heavy atom. The molecule has 0 saturated carbocycles. The van der Waals surface area contributed by atoms with E-state index < -0.39 is 5.91 Å². The van der Waals surface area contributed by atoms with Crippen LogP contribution in [0.1, 0.15) is 26.3 Å². The Morgan fingerprint density at radius 2 is 1.41 bits per heavy atom. The summed E-state index contributed by atoms with van der Waals surface area (Å²) < 4.78 is 11.8. The molecule has 1 aromatic heterocycles. The van der Waals surface area contributed by atoms with Crippen LogP contribution in [-0.2, 0) is 6.54 Å². The van der Waals surface area contributed by atoms with E-state index in [0.29, 0.717) is 34.2 Å². The fourth-order valence-electron chi connectivity index (χ4n) is 3.70. The first-order valence-electron chi connectivity index (χ1n) is 10.7. The van der Waals surface area contributed by atoms with Gasteiger partial charge in [-0.05, 0) is 48.0 Å². The van der Waals surface area contributed by atoms with Crippen LogP contribution in [0.15, 0.2) is 83.8 Å². The van der Waals surface area contributed by atoms with Crippen LogP contribution >= 0.6 is 0 Å². The third kappa shape index (κ3) is 4.83. The summed E-state index contributed by atoms with van der Waals surface area (Å²) in [6.45, 7) is 0.121. The van der Waals surface area contributed by atoms with Crippen LogP contribution in [0.2, 0.25) is 0 Å². The number of carbonyl (C=O) groups excluding carboxylic acids is 2. The van der Waals surface area contributed by atoms with E-state index in [1.54, 1.807) is 68.9 Å². The maximum atomic E-state index is 13.1. The standard InChI is InChI=1S/C27H24N2O5/c1-33-20-11-7-18(8-12-20)16-29-17-24(22-5-3-4-6-23(22)27(29)32)26(31)28-15-25(30)19-9-13-21(34-2)14-10-19/h3-14,17H,15-16H2,1-2H3,(H,28,31). The van der Waals surface area contributed by atoms with Crippen LogP contribution in [0, 0.1) is 0 Å². The number of methoxy groups -OCH3 is 2. The van der Waals surface area contributed by atoms with E-state index in [1.165, 1.54) is 4.57 Å². The van der Waals surface area contributed by atoms with E-state index in [9.17, 15) is 14.4 Å². The van der Waals surface area contributed by atoms with E-state index in [1.807, 2.05) is 24.3 Å². The molecule has 34 heavy (non-hydrogen) atoms. The molecular weight excluding hydrogens is 432 g/mol. The zero-order valence-electron chi connectivity index (χ0n) is 18.9. The first-order valence-corrected chi connectivity index (χ1v) is 10.7. The number of amides is 1. The molecule has 0 saturated heterocycles. The molecule has 1 amide bonds. The Hall–Kier alpha value is -4.39. The van der Waals surface area contributed by atoms with Gasteiger partial charge in [-0.1, -0.05) is 30.3 Å². The second-order valence-electron chi connectivity index (χ2n) is 7.70. The number of pyridine rings is 1. The van der Waals surface area contributed by atoms with Gasteiger partial charge in [0.15, 0.2) is 5.78 Å². The molecule has 0 aliphatic carbocycles. The van der Waals surface area contributed by atoms with Crippen molar-refractivity contribution >= 4 is 22.5 Å².